The first-order chi connectivity index (χ1) is 6.61. The zero-order valence-electron chi connectivity index (χ0n) is 9.33. The van der Waals surface area contributed by atoms with Crippen molar-refractivity contribution in [2.24, 2.45) is 7.05 Å². The molecule has 0 aromatic carbocycles. The number of fused-ring (bicyclic) bond motifs is 1. The quantitative estimate of drug-likeness (QED) is 0.733. The van der Waals surface area contributed by atoms with Crippen LogP contribution in [-0.4, -0.2) is 28.9 Å². The van der Waals surface area contributed by atoms with Crippen molar-refractivity contribution >= 4 is 11.5 Å². The van der Waals surface area contributed by atoms with Gasteiger partial charge in [-0.05, 0) is 20.8 Å². The van der Waals surface area contributed by atoms with Gasteiger partial charge in [-0.2, -0.15) is 5.10 Å². The van der Waals surface area contributed by atoms with E-state index in [0.29, 0.717) is 6.04 Å². The van der Waals surface area contributed by atoms with Crippen LogP contribution in [0.2, 0.25) is 0 Å². The largest absolute Gasteiger partial charge is 0.379 e. The van der Waals surface area contributed by atoms with Gasteiger partial charge in [-0.1, -0.05) is 0 Å². The Labute approximate surface area is 84.9 Å². The number of nitrogens with one attached hydrogen (secondary N) is 1. The zero-order chi connectivity index (χ0) is 10.3. The average molecular weight is 194 g/mol. The molecule has 0 aliphatic carbocycles. The maximum absolute atomic E-state index is 4.44. The molecule has 0 spiro atoms. The van der Waals surface area contributed by atoms with E-state index in [1.807, 2.05) is 11.7 Å². The van der Waals surface area contributed by atoms with E-state index < -0.39 is 0 Å². The summed E-state index contributed by atoms with van der Waals surface area (Å²) in [5, 5.41) is 7.85. The molecule has 2 heterocycles. The predicted octanol–water partition coefficient (Wildman–Crippen LogP) is 1.37. The van der Waals surface area contributed by atoms with Gasteiger partial charge >= 0.3 is 0 Å². The van der Waals surface area contributed by atoms with Crippen LogP contribution in [0.3, 0.4) is 0 Å². The Hall–Kier alpha value is -1.19. The first kappa shape index (κ1) is 9.37. The number of aryl methyl sites for hydroxylation is 2. The zero-order valence-corrected chi connectivity index (χ0v) is 9.33. The maximum atomic E-state index is 4.44. The van der Waals surface area contributed by atoms with Crippen molar-refractivity contribution in [1.82, 2.24) is 9.78 Å². The van der Waals surface area contributed by atoms with Gasteiger partial charge in [-0.25, -0.2) is 0 Å². The molecule has 1 aliphatic heterocycles. The van der Waals surface area contributed by atoms with Crippen LogP contribution >= 0.6 is 0 Å². The normalized spacial score (nSPS) is 15.6. The number of anilines is 2. The van der Waals surface area contributed by atoms with E-state index >= 15 is 0 Å². The van der Waals surface area contributed by atoms with Gasteiger partial charge in [0, 0.05) is 26.2 Å². The van der Waals surface area contributed by atoms with Gasteiger partial charge < -0.3 is 10.2 Å². The molecule has 1 aromatic heterocycles. The van der Waals surface area contributed by atoms with Crippen LogP contribution in [0.25, 0.3) is 0 Å². The second kappa shape index (κ2) is 3.19. The minimum atomic E-state index is 0.533. The van der Waals surface area contributed by atoms with Crippen LogP contribution in [-0.2, 0) is 7.05 Å². The fraction of sp³-hybridized carbons (Fsp3) is 0.700. The molecule has 0 fully saturated rings. The summed E-state index contributed by atoms with van der Waals surface area (Å²) >= 11 is 0. The van der Waals surface area contributed by atoms with Crippen molar-refractivity contribution < 1.29 is 0 Å². The second-order valence-electron chi connectivity index (χ2n) is 4.12. The summed E-state index contributed by atoms with van der Waals surface area (Å²) in [5.74, 6) is 1.23. The van der Waals surface area contributed by atoms with E-state index in [4.69, 9.17) is 0 Å². The summed E-state index contributed by atoms with van der Waals surface area (Å²) < 4.78 is 1.97. The fourth-order valence-electron chi connectivity index (χ4n) is 2.09. The predicted molar refractivity (Wildman–Crippen MR) is 58.9 cm³/mol. The van der Waals surface area contributed by atoms with Gasteiger partial charge in [0.1, 0.15) is 5.69 Å². The van der Waals surface area contributed by atoms with Gasteiger partial charge in [0.25, 0.3) is 0 Å². The van der Waals surface area contributed by atoms with Crippen molar-refractivity contribution in [3.63, 3.8) is 0 Å². The Bertz CT molecular complexity index is 340. The monoisotopic (exact) mass is 194 g/mol. The lowest BCUT2D eigenvalue weighted by molar-refractivity contribution is 0.635. The molecule has 2 rings (SSSR count). The lowest BCUT2D eigenvalue weighted by Crippen LogP contribution is -2.39. The van der Waals surface area contributed by atoms with Crippen molar-refractivity contribution in [3.8, 4) is 0 Å². The van der Waals surface area contributed by atoms with Crippen molar-refractivity contribution in [2.75, 3.05) is 23.3 Å². The van der Waals surface area contributed by atoms with E-state index in [1.165, 1.54) is 11.5 Å². The Morgan fingerprint density at radius 3 is 2.79 bits per heavy atom. The highest BCUT2D eigenvalue weighted by Gasteiger charge is 2.24. The molecule has 0 saturated heterocycles. The third kappa shape index (κ3) is 1.25. The van der Waals surface area contributed by atoms with Crippen molar-refractivity contribution in [1.29, 1.82) is 0 Å². The summed E-state index contributed by atoms with van der Waals surface area (Å²) in [5.41, 5.74) is 2.29. The van der Waals surface area contributed by atoms with Crippen molar-refractivity contribution in [3.05, 3.63) is 5.69 Å². The summed E-state index contributed by atoms with van der Waals surface area (Å²) in [6.45, 7) is 8.56. The highest BCUT2D eigenvalue weighted by atomic mass is 15.4. The number of rotatable bonds is 1. The highest BCUT2D eigenvalue weighted by Crippen LogP contribution is 2.32. The second-order valence-corrected chi connectivity index (χ2v) is 4.12. The molecule has 4 heteroatoms. The molecule has 1 aromatic rings. The number of hydrogen-bond donors (Lipinski definition) is 1. The SMILES string of the molecule is Cc1nn(C)c2c1NCCN2C(C)C. The summed E-state index contributed by atoms with van der Waals surface area (Å²) in [7, 11) is 2.01. The van der Waals surface area contributed by atoms with Gasteiger partial charge in [-0.15, -0.1) is 0 Å². The molecular weight excluding hydrogens is 176 g/mol. The minimum absolute atomic E-state index is 0.533. The number of aromatic nitrogens is 2. The number of hydrogen-bond acceptors (Lipinski definition) is 3. The molecule has 0 bridgehead atoms. The summed E-state index contributed by atoms with van der Waals surface area (Å²) in [6, 6.07) is 0.533. The number of nitrogens with zero attached hydrogens (tertiary/aromatic N) is 3. The van der Waals surface area contributed by atoms with Crippen LogP contribution in [0.4, 0.5) is 11.5 Å². The van der Waals surface area contributed by atoms with E-state index in [2.05, 4.69) is 36.1 Å². The van der Waals surface area contributed by atoms with Crippen LogP contribution in [0.15, 0.2) is 0 Å². The Kier molecular flexibility index (Phi) is 2.13. The average Bonchev–Trinajstić information content (AvgIpc) is 2.43. The van der Waals surface area contributed by atoms with Crippen LogP contribution < -0.4 is 10.2 Å². The Morgan fingerprint density at radius 2 is 2.14 bits per heavy atom. The third-order valence-electron chi connectivity index (χ3n) is 2.74. The molecule has 1 N–H and O–H groups in total. The molecule has 0 unspecified atom stereocenters. The molecule has 0 atom stereocenters. The summed E-state index contributed by atoms with van der Waals surface area (Å²) in [6.07, 6.45) is 0. The van der Waals surface area contributed by atoms with Gasteiger partial charge in [0.15, 0.2) is 5.82 Å². The topological polar surface area (TPSA) is 33.1 Å². The van der Waals surface area contributed by atoms with Crippen LogP contribution in [0, 0.1) is 6.92 Å². The first-order valence-electron chi connectivity index (χ1n) is 5.15. The molecule has 0 amide bonds. The van der Waals surface area contributed by atoms with Gasteiger partial charge in [0.05, 0.1) is 5.69 Å². The molecular formula is C10H18N4. The highest BCUT2D eigenvalue weighted by molar-refractivity contribution is 5.71. The van der Waals surface area contributed by atoms with E-state index in [1.54, 1.807) is 0 Å². The molecule has 0 saturated carbocycles. The van der Waals surface area contributed by atoms with E-state index in [0.717, 1.165) is 18.8 Å². The van der Waals surface area contributed by atoms with E-state index in [-0.39, 0.29) is 0 Å². The lowest BCUT2D eigenvalue weighted by atomic mass is 10.2. The maximum Gasteiger partial charge on any atom is 0.150 e. The first-order valence-corrected chi connectivity index (χ1v) is 5.15. The van der Waals surface area contributed by atoms with Gasteiger partial charge in [-0.3, -0.25) is 4.68 Å². The van der Waals surface area contributed by atoms with Gasteiger partial charge in [0.2, 0.25) is 0 Å². The van der Waals surface area contributed by atoms with Crippen molar-refractivity contribution in [2.45, 2.75) is 26.8 Å². The Balaban J connectivity index is 2.48. The fourth-order valence-corrected chi connectivity index (χ4v) is 2.09. The summed E-state index contributed by atoms with van der Waals surface area (Å²) in [4.78, 5) is 2.39. The van der Waals surface area contributed by atoms with Crippen LogP contribution in [0.1, 0.15) is 19.5 Å². The molecule has 1 aliphatic rings. The smallest absolute Gasteiger partial charge is 0.150 e. The molecule has 0 radical (unpaired) electrons. The van der Waals surface area contributed by atoms with Crippen LogP contribution in [0.5, 0.6) is 0 Å². The van der Waals surface area contributed by atoms with E-state index in [9.17, 15) is 0 Å². The molecule has 14 heavy (non-hydrogen) atoms. The minimum Gasteiger partial charge on any atom is -0.379 e. The standard InChI is InChI=1S/C10H18N4/c1-7(2)14-6-5-11-9-8(3)12-13(4)10(9)14/h7,11H,5-6H2,1-4H3. The Morgan fingerprint density at radius 1 is 1.43 bits per heavy atom. The molecule has 4 nitrogen and oxygen atoms in total. The lowest BCUT2D eigenvalue weighted by Gasteiger charge is -2.33. The third-order valence-corrected chi connectivity index (χ3v) is 2.74. The molecule has 78 valence electrons.